The first kappa shape index (κ1) is 22.2. The summed E-state index contributed by atoms with van der Waals surface area (Å²) in [6.07, 6.45) is 0.860. The van der Waals surface area contributed by atoms with E-state index in [1.807, 2.05) is 26.6 Å². The van der Waals surface area contributed by atoms with Crippen molar-refractivity contribution in [3.05, 3.63) is 77.1 Å². The fourth-order valence-corrected chi connectivity index (χ4v) is 4.86. The molecule has 3 rings (SSSR count). The third-order valence-corrected chi connectivity index (χ3v) is 7.13. The van der Waals surface area contributed by atoms with Crippen LogP contribution in [0.1, 0.15) is 18.9 Å². The van der Waals surface area contributed by atoms with E-state index in [0.717, 1.165) is 18.2 Å². The molecule has 3 aromatic carbocycles. The van der Waals surface area contributed by atoms with E-state index in [9.17, 15) is 22.0 Å². The minimum atomic E-state index is -2.10. The summed E-state index contributed by atoms with van der Waals surface area (Å²) in [6, 6.07) is 9.01. The summed E-state index contributed by atoms with van der Waals surface area (Å²) in [4.78, 5) is 0. The van der Waals surface area contributed by atoms with Gasteiger partial charge in [-0.05, 0) is 40.9 Å². The van der Waals surface area contributed by atoms with Crippen molar-refractivity contribution in [2.24, 2.45) is 0 Å². The van der Waals surface area contributed by atoms with Gasteiger partial charge in [0.1, 0.15) is 17.5 Å². The molecule has 0 heterocycles. The van der Waals surface area contributed by atoms with Gasteiger partial charge in [-0.25, -0.2) is 22.0 Å². The second-order valence-corrected chi connectivity index (χ2v) is 13.4. The van der Waals surface area contributed by atoms with Gasteiger partial charge in [-0.15, -0.1) is 0 Å². The lowest BCUT2D eigenvalue weighted by atomic mass is 9.97. The zero-order valence-electron chi connectivity index (χ0n) is 17.3. The van der Waals surface area contributed by atoms with E-state index >= 15 is 0 Å². The maximum atomic E-state index is 14.8. The van der Waals surface area contributed by atoms with Crippen molar-refractivity contribution < 1.29 is 22.0 Å². The van der Waals surface area contributed by atoms with Gasteiger partial charge in [0.2, 0.25) is 0 Å². The van der Waals surface area contributed by atoms with Gasteiger partial charge in [0.15, 0.2) is 11.6 Å². The van der Waals surface area contributed by atoms with Crippen LogP contribution >= 0.6 is 0 Å². The topological polar surface area (TPSA) is 0 Å². The molecule has 0 aromatic heterocycles. The lowest BCUT2D eigenvalue weighted by molar-refractivity contribution is 0.515. The molecule has 0 aliphatic rings. The monoisotopic (exact) mass is 434 g/mol. The van der Waals surface area contributed by atoms with E-state index in [4.69, 9.17) is 0 Å². The van der Waals surface area contributed by atoms with Crippen LogP contribution in [0, 0.1) is 29.1 Å². The molecular formula is C24H23F5Si. The Morgan fingerprint density at radius 1 is 0.667 bits per heavy atom. The smallest absolute Gasteiger partial charge is 0.166 e. The van der Waals surface area contributed by atoms with E-state index in [1.165, 1.54) is 24.3 Å². The Kier molecular flexibility index (Phi) is 6.18. The molecule has 0 nitrogen and oxygen atoms in total. The number of hydrogen-bond donors (Lipinski definition) is 0. The summed E-state index contributed by atoms with van der Waals surface area (Å²) in [7, 11) is -2.10. The molecule has 6 heteroatoms. The van der Waals surface area contributed by atoms with Gasteiger partial charge >= 0.3 is 0 Å². The molecule has 158 valence electrons. The molecule has 0 unspecified atom stereocenters. The van der Waals surface area contributed by atoms with Gasteiger partial charge in [0.25, 0.3) is 0 Å². The molecule has 30 heavy (non-hydrogen) atoms. The van der Waals surface area contributed by atoms with Crippen LogP contribution < -0.4 is 5.19 Å². The highest BCUT2D eigenvalue weighted by atomic mass is 28.3. The number of hydrogen-bond acceptors (Lipinski definition) is 0. The van der Waals surface area contributed by atoms with Gasteiger partial charge in [-0.1, -0.05) is 57.3 Å². The minimum absolute atomic E-state index is 0.00150. The SMILES string of the molecule is CCCc1c(F)cc(-c2ccc(-c3ccc([Si](C)(C)C)c(F)c3F)c(F)c2)cc1F. The van der Waals surface area contributed by atoms with Crippen molar-refractivity contribution in [2.45, 2.75) is 39.4 Å². The Morgan fingerprint density at radius 3 is 1.77 bits per heavy atom. The van der Waals surface area contributed by atoms with Gasteiger partial charge < -0.3 is 0 Å². The molecule has 0 radical (unpaired) electrons. The van der Waals surface area contributed by atoms with Crippen LogP contribution in [0.15, 0.2) is 42.5 Å². The minimum Gasteiger partial charge on any atom is -0.207 e. The highest BCUT2D eigenvalue weighted by Gasteiger charge is 2.25. The molecule has 0 atom stereocenters. The van der Waals surface area contributed by atoms with Crippen LogP contribution in [0.5, 0.6) is 0 Å². The molecule has 0 saturated carbocycles. The normalized spacial score (nSPS) is 11.8. The van der Waals surface area contributed by atoms with Gasteiger partial charge in [-0.2, -0.15) is 0 Å². The summed E-state index contributed by atoms with van der Waals surface area (Å²) < 4.78 is 72.5. The average molecular weight is 435 g/mol. The largest absolute Gasteiger partial charge is 0.207 e. The van der Waals surface area contributed by atoms with Crippen molar-refractivity contribution in [3.63, 3.8) is 0 Å². The quantitative estimate of drug-likeness (QED) is 0.294. The standard InChI is InChI=1S/C24H23F5Si/c1-5-6-18-20(26)12-15(13-21(18)27)14-7-8-16(19(25)11-14)17-9-10-22(30(2,3)4)24(29)23(17)28/h7-13H,5-6H2,1-4H3. The molecule has 0 aliphatic heterocycles. The van der Waals surface area contributed by atoms with Crippen LogP contribution in [0.25, 0.3) is 22.3 Å². The molecule has 0 spiro atoms. The Balaban J connectivity index is 2.04. The van der Waals surface area contributed by atoms with Crippen LogP contribution in [0.2, 0.25) is 19.6 Å². The highest BCUT2D eigenvalue weighted by Crippen LogP contribution is 2.32. The highest BCUT2D eigenvalue weighted by molar-refractivity contribution is 6.88. The zero-order valence-corrected chi connectivity index (χ0v) is 18.3. The molecule has 0 N–H and O–H groups in total. The third kappa shape index (κ3) is 4.19. The first-order valence-electron chi connectivity index (χ1n) is 9.81. The zero-order chi connectivity index (χ0) is 22.2. The fraction of sp³-hybridized carbons (Fsp3) is 0.250. The Labute approximate surface area is 174 Å². The van der Waals surface area contributed by atoms with E-state index < -0.39 is 37.2 Å². The Morgan fingerprint density at radius 2 is 1.23 bits per heavy atom. The van der Waals surface area contributed by atoms with Crippen LogP contribution in [0.3, 0.4) is 0 Å². The van der Waals surface area contributed by atoms with Gasteiger partial charge in [0.05, 0.1) is 8.07 Å². The van der Waals surface area contributed by atoms with Crippen molar-refractivity contribution in [3.8, 4) is 22.3 Å². The maximum absolute atomic E-state index is 14.8. The number of benzene rings is 3. The predicted octanol–water partition coefficient (Wildman–Crippen LogP) is 7.21. The molecular weight excluding hydrogens is 411 g/mol. The van der Waals surface area contributed by atoms with Crippen molar-refractivity contribution >= 4 is 13.3 Å². The lowest BCUT2D eigenvalue weighted by Crippen LogP contribution is -2.40. The molecule has 0 aliphatic carbocycles. The van der Waals surface area contributed by atoms with Crippen LogP contribution in [-0.4, -0.2) is 8.07 Å². The number of halogens is 5. The molecule has 0 amide bonds. The molecule has 0 saturated heterocycles. The average Bonchev–Trinajstić information content (AvgIpc) is 2.66. The molecule has 0 bridgehead atoms. The summed E-state index contributed by atoms with van der Waals surface area (Å²) in [5.74, 6) is -4.23. The maximum Gasteiger partial charge on any atom is 0.166 e. The lowest BCUT2D eigenvalue weighted by Gasteiger charge is -2.19. The second-order valence-electron chi connectivity index (χ2n) is 8.40. The fourth-order valence-electron chi connectivity index (χ4n) is 3.51. The summed E-state index contributed by atoms with van der Waals surface area (Å²) in [5, 5.41) is 0.332. The van der Waals surface area contributed by atoms with Crippen molar-refractivity contribution in [1.82, 2.24) is 0 Å². The van der Waals surface area contributed by atoms with E-state index in [-0.39, 0.29) is 34.2 Å². The molecule has 0 fully saturated rings. The molecule has 3 aromatic rings. The third-order valence-electron chi connectivity index (χ3n) is 5.12. The Bertz CT molecular complexity index is 1080. The summed E-state index contributed by atoms with van der Waals surface area (Å²) in [5.41, 5.74) is 0.126. The number of rotatable bonds is 5. The van der Waals surface area contributed by atoms with Crippen LogP contribution in [0.4, 0.5) is 22.0 Å². The predicted molar refractivity (Wildman–Crippen MR) is 114 cm³/mol. The van der Waals surface area contributed by atoms with E-state index in [0.29, 0.717) is 11.6 Å². The first-order chi connectivity index (χ1) is 14.0. The first-order valence-corrected chi connectivity index (χ1v) is 13.3. The second kappa shape index (κ2) is 8.34. The summed E-state index contributed by atoms with van der Waals surface area (Å²) in [6.45, 7) is 7.50. The van der Waals surface area contributed by atoms with Crippen molar-refractivity contribution in [1.29, 1.82) is 0 Å². The van der Waals surface area contributed by atoms with Crippen molar-refractivity contribution in [2.75, 3.05) is 0 Å². The van der Waals surface area contributed by atoms with Gasteiger partial charge in [0, 0.05) is 16.7 Å². The van der Waals surface area contributed by atoms with E-state index in [1.54, 1.807) is 0 Å². The Hall–Kier alpha value is -2.47. The summed E-state index contributed by atoms with van der Waals surface area (Å²) >= 11 is 0. The van der Waals surface area contributed by atoms with E-state index in [2.05, 4.69) is 0 Å². The van der Waals surface area contributed by atoms with Crippen LogP contribution in [-0.2, 0) is 6.42 Å². The van der Waals surface area contributed by atoms with Gasteiger partial charge in [-0.3, -0.25) is 0 Å².